The van der Waals surface area contributed by atoms with Crippen LogP contribution in [0.3, 0.4) is 0 Å². The van der Waals surface area contributed by atoms with E-state index in [1.54, 1.807) is 36.4 Å². The van der Waals surface area contributed by atoms with Gasteiger partial charge in [0.2, 0.25) is 11.8 Å². The van der Waals surface area contributed by atoms with Crippen molar-refractivity contribution in [2.75, 3.05) is 19.0 Å². The molecule has 1 N–H and O–H groups in total. The minimum absolute atomic E-state index is 0.194. The molecule has 0 fully saturated rings. The Labute approximate surface area is 144 Å². The number of hydrogen-bond acceptors (Lipinski definition) is 5. The largest absolute Gasteiger partial charge is 0.481 e. The van der Waals surface area contributed by atoms with E-state index in [2.05, 4.69) is 10.3 Å². The molecular weight excluding hydrogens is 322 g/mol. The van der Waals surface area contributed by atoms with Gasteiger partial charge in [0, 0.05) is 19.0 Å². The molecule has 0 saturated heterocycles. The van der Waals surface area contributed by atoms with E-state index in [-0.39, 0.29) is 30.7 Å². The molecule has 25 heavy (non-hydrogen) atoms. The highest BCUT2D eigenvalue weighted by Crippen LogP contribution is 2.22. The van der Waals surface area contributed by atoms with E-state index in [1.807, 2.05) is 0 Å². The van der Waals surface area contributed by atoms with Gasteiger partial charge in [-0.15, -0.1) is 0 Å². The van der Waals surface area contributed by atoms with E-state index in [0.29, 0.717) is 29.1 Å². The summed E-state index contributed by atoms with van der Waals surface area (Å²) in [7, 11) is 1.51. The zero-order valence-electron chi connectivity index (χ0n) is 13.7. The van der Waals surface area contributed by atoms with Crippen molar-refractivity contribution < 1.29 is 19.1 Å². The van der Waals surface area contributed by atoms with Crippen LogP contribution in [0.2, 0.25) is 0 Å². The third-order valence-electron chi connectivity index (χ3n) is 3.89. The number of methoxy groups -OCH3 is 1. The number of nitrogens with zero attached hydrogens (tertiary/aromatic N) is 2. The molecule has 1 aliphatic rings. The van der Waals surface area contributed by atoms with E-state index in [4.69, 9.17) is 4.74 Å². The second-order valence-corrected chi connectivity index (χ2v) is 5.55. The average molecular weight is 339 g/mol. The van der Waals surface area contributed by atoms with Crippen LogP contribution >= 0.6 is 0 Å². The Kier molecular flexibility index (Phi) is 4.74. The highest BCUT2D eigenvalue weighted by atomic mass is 16.5. The van der Waals surface area contributed by atoms with Crippen LogP contribution in [-0.4, -0.2) is 41.3 Å². The summed E-state index contributed by atoms with van der Waals surface area (Å²) in [4.78, 5) is 41.6. The van der Waals surface area contributed by atoms with Crippen molar-refractivity contribution in [3.8, 4) is 5.88 Å². The van der Waals surface area contributed by atoms with Crippen molar-refractivity contribution in [3.05, 3.63) is 53.7 Å². The van der Waals surface area contributed by atoms with Crippen LogP contribution in [0, 0.1) is 0 Å². The monoisotopic (exact) mass is 339 g/mol. The minimum atomic E-state index is -0.305. The number of anilines is 1. The maximum Gasteiger partial charge on any atom is 0.261 e. The first-order valence-corrected chi connectivity index (χ1v) is 7.85. The SMILES string of the molecule is COc1ccc(NC(=O)CCCN2C(=O)c3ccccc3C2=O)cn1. The first-order chi connectivity index (χ1) is 12.1. The van der Waals surface area contributed by atoms with E-state index < -0.39 is 0 Å². The summed E-state index contributed by atoms with van der Waals surface area (Å²) in [6, 6.07) is 10.1. The number of aromatic nitrogens is 1. The van der Waals surface area contributed by atoms with E-state index >= 15 is 0 Å². The van der Waals surface area contributed by atoms with E-state index in [0.717, 1.165) is 0 Å². The fraction of sp³-hybridized carbons (Fsp3) is 0.222. The number of benzene rings is 1. The Hall–Kier alpha value is -3.22. The van der Waals surface area contributed by atoms with Gasteiger partial charge in [-0.3, -0.25) is 19.3 Å². The molecule has 1 aromatic carbocycles. The summed E-state index contributed by atoms with van der Waals surface area (Å²) in [5.74, 6) is -0.354. The van der Waals surface area contributed by atoms with Crippen molar-refractivity contribution in [2.24, 2.45) is 0 Å². The van der Waals surface area contributed by atoms with Crippen molar-refractivity contribution in [1.82, 2.24) is 9.88 Å². The predicted octanol–water partition coefficient (Wildman–Crippen LogP) is 2.11. The molecule has 0 unspecified atom stereocenters. The van der Waals surface area contributed by atoms with Gasteiger partial charge in [-0.2, -0.15) is 0 Å². The predicted molar refractivity (Wildman–Crippen MR) is 90.5 cm³/mol. The first-order valence-electron chi connectivity index (χ1n) is 7.85. The average Bonchev–Trinajstić information content (AvgIpc) is 2.87. The second-order valence-electron chi connectivity index (χ2n) is 5.55. The van der Waals surface area contributed by atoms with Crippen LogP contribution in [-0.2, 0) is 4.79 Å². The highest BCUT2D eigenvalue weighted by Gasteiger charge is 2.34. The van der Waals surface area contributed by atoms with Crippen molar-refractivity contribution in [1.29, 1.82) is 0 Å². The van der Waals surface area contributed by atoms with Crippen LogP contribution in [0.15, 0.2) is 42.6 Å². The molecule has 0 spiro atoms. The smallest absolute Gasteiger partial charge is 0.261 e. The zero-order chi connectivity index (χ0) is 17.8. The molecule has 3 amide bonds. The second kappa shape index (κ2) is 7.12. The molecule has 7 nitrogen and oxygen atoms in total. The van der Waals surface area contributed by atoms with E-state index in [1.165, 1.54) is 18.2 Å². The molecule has 0 atom stereocenters. The Morgan fingerprint density at radius 1 is 1.12 bits per heavy atom. The lowest BCUT2D eigenvalue weighted by molar-refractivity contribution is -0.116. The Morgan fingerprint density at radius 2 is 1.80 bits per heavy atom. The fourth-order valence-corrected chi connectivity index (χ4v) is 2.64. The summed E-state index contributed by atoms with van der Waals surface area (Å²) in [6.45, 7) is 0.209. The molecule has 7 heteroatoms. The van der Waals surface area contributed by atoms with Crippen molar-refractivity contribution in [2.45, 2.75) is 12.8 Å². The lowest BCUT2D eigenvalue weighted by Gasteiger charge is -2.13. The molecule has 0 bridgehead atoms. The zero-order valence-corrected chi connectivity index (χ0v) is 13.7. The molecule has 2 aromatic rings. The summed E-state index contributed by atoms with van der Waals surface area (Å²) < 4.78 is 4.95. The molecule has 1 aliphatic heterocycles. The van der Waals surface area contributed by atoms with Gasteiger partial charge in [0.1, 0.15) is 0 Å². The maximum atomic E-state index is 12.2. The number of ether oxygens (including phenoxy) is 1. The van der Waals surface area contributed by atoms with Gasteiger partial charge in [-0.1, -0.05) is 12.1 Å². The van der Waals surface area contributed by atoms with Crippen LogP contribution in [0.1, 0.15) is 33.6 Å². The van der Waals surface area contributed by atoms with Gasteiger partial charge in [0.25, 0.3) is 11.8 Å². The molecule has 0 aliphatic carbocycles. The van der Waals surface area contributed by atoms with Crippen LogP contribution < -0.4 is 10.1 Å². The summed E-state index contributed by atoms with van der Waals surface area (Å²) in [6.07, 6.45) is 2.08. The van der Waals surface area contributed by atoms with Gasteiger partial charge in [-0.05, 0) is 24.6 Å². The Morgan fingerprint density at radius 3 is 2.36 bits per heavy atom. The third kappa shape index (κ3) is 3.50. The van der Waals surface area contributed by atoms with Gasteiger partial charge >= 0.3 is 0 Å². The number of fused-ring (bicyclic) bond motifs is 1. The first kappa shape index (κ1) is 16.6. The summed E-state index contributed by atoms with van der Waals surface area (Å²) in [5, 5.41) is 2.71. The number of imide groups is 1. The summed E-state index contributed by atoms with van der Waals surface area (Å²) in [5.41, 5.74) is 1.40. The summed E-state index contributed by atoms with van der Waals surface area (Å²) >= 11 is 0. The van der Waals surface area contributed by atoms with Gasteiger partial charge in [0.15, 0.2) is 0 Å². The molecule has 2 heterocycles. The number of nitrogens with one attached hydrogen (secondary N) is 1. The van der Waals surface area contributed by atoms with Gasteiger partial charge in [-0.25, -0.2) is 4.98 Å². The van der Waals surface area contributed by atoms with Crippen LogP contribution in [0.5, 0.6) is 5.88 Å². The Balaban J connectivity index is 1.50. The number of carbonyl (C=O) groups excluding carboxylic acids is 3. The molecule has 3 rings (SSSR count). The standard InChI is InChI=1S/C18H17N3O4/c1-25-16-9-8-12(11-19-16)20-15(22)7-4-10-21-17(23)13-5-2-3-6-14(13)18(21)24/h2-3,5-6,8-9,11H,4,7,10H2,1H3,(H,20,22). The topological polar surface area (TPSA) is 88.6 Å². The fourth-order valence-electron chi connectivity index (χ4n) is 2.64. The molecule has 128 valence electrons. The normalized spacial score (nSPS) is 12.9. The highest BCUT2D eigenvalue weighted by molar-refractivity contribution is 6.21. The maximum absolute atomic E-state index is 12.2. The van der Waals surface area contributed by atoms with E-state index in [9.17, 15) is 14.4 Å². The minimum Gasteiger partial charge on any atom is -0.481 e. The van der Waals surface area contributed by atoms with Crippen molar-refractivity contribution in [3.63, 3.8) is 0 Å². The molecule has 0 saturated carbocycles. The molecule has 1 aromatic heterocycles. The van der Waals surface area contributed by atoms with Crippen LogP contribution in [0.25, 0.3) is 0 Å². The third-order valence-corrected chi connectivity index (χ3v) is 3.89. The van der Waals surface area contributed by atoms with Gasteiger partial charge < -0.3 is 10.1 Å². The Bertz CT molecular complexity index is 782. The molecule has 0 radical (unpaired) electrons. The number of rotatable bonds is 6. The number of hydrogen-bond donors (Lipinski definition) is 1. The lowest BCUT2D eigenvalue weighted by Crippen LogP contribution is -2.31. The number of carbonyl (C=O) groups is 3. The quantitative estimate of drug-likeness (QED) is 0.814. The van der Waals surface area contributed by atoms with Gasteiger partial charge in [0.05, 0.1) is 30.1 Å². The number of pyridine rings is 1. The van der Waals surface area contributed by atoms with Crippen LogP contribution in [0.4, 0.5) is 5.69 Å². The number of amides is 3. The molecular formula is C18H17N3O4. The van der Waals surface area contributed by atoms with Crippen molar-refractivity contribution >= 4 is 23.4 Å². The lowest BCUT2D eigenvalue weighted by atomic mass is 10.1.